The summed E-state index contributed by atoms with van der Waals surface area (Å²) >= 11 is 0. The van der Waals surface area contributed by atoms with Crippen molar-refractivity contribution in [2.45, 2.75) is 26.8 Å². The average molecular weight is 347 g/mol. The molecule has 2 aliphatic heterocycles. The number of hydrogen-bond donors (Lipinski definition) is 1. The second-order valence-corrected chi connectivity index (χ2v) is 6.69. The summed E-state index contributed by atoms with van der Waals surface area (Å²) in [5.74, 6) is 1.28. The molecule has 1 fully saturated rings. The number of carbonyl (C=O) groups excluding carboxylic acids is 2. The standard InChI is InChI=1S/C18H25N3O4/c1-12(2)19-18(23)21-6-4-20(5-7-21)17(22)14-11-16-15(10-13(14)3)24-8-9-25-16/h10-12H,4-9H2,1-3H3,(H,19,23). The Bertz CT molecular complexity index is 667. The van der Waals surface area contributed by atoms with E-state index in [9.17, 15) is 9.59 Å². The van der Waals surface area contributed by atoms with Crippen molar-refractivity contribution in [1.82, 2.24) is 15.1 Å². The number of nitrogens with one attached hydrogen (secondary N) is 1. The van der Waals surface area contributed by atoms with Gasteiger partial charge in [0, 0.05) is 37.8 Å². The van der Waals surface area contributed by atoms with E-state index in [0.717, 1.165) is 5.56 Å². The second-order valence-electron chi connectivity index (χ2n) is 6.69. The lowest BCUT2D eigenvalue weighted by atomic mass is 10.1. The Morgan fingerprint density at radius 3 is 2.16 bits per heavy atom. The molecule has 3 amide bonds. The van der Waals surface area contributed by atoms with Crippen LogP contribution in [0.15, 0.2) is 12.1 Å². The van der Waals surface area contributed by atoms with E-state index in [1.807, 2.05) is 26.8 Å². The van der Waals surface area contributed by atoms with Gasteiger partial charge < -0.3 is 24.6 Å². The summed E-state index contributed by atoms with van der Waals surface area (Å²) in [5.41, 5.74) is 1.50. The zero-order valence-electron chi connectivity index (χ0n) is 15.0. The van der Waals surface area contributed by atoms with E-state index in [-0.39, 0.29) is 18.0 Å². The molecule has 7 nitrogen and oxygen atoms in total. The summed E-state index contributed by atoms with van der Waals surface area (Å²) in [6.45, 7) is 8.91. The van der Waals surface area contributed by atoms with Crippen molar-refractivity contribution in [2.75, 3.05) is 39.4 Å². The molecule has 136 valence electrons. The first-order valence-electron chi connectivity index (χ1n) is 8.70. The number of amides is 3. The topological polar surface area (TPSA) is 71.1 Å². The molecule has 0 aromatic heterocycles. The van der Waals surface area contributed by atoms with E-state index in [1.54, 1.807) is 15.9 Å². The number of urea groups is 1. The quantitative estimate of drug-likeness (QED) is 0.883. The molecule has 1 aromatic carbocycles. The third-order valence-corrected chi connectivity index (χ3v) is 4.39. The minimum atomic E-state index is -0.0717. The van der Waals surface area contributed by atoms with Crippen LogP contribution in [0.25, 0.3) is 0 Å². The molecule has 2 heterocycles. The van der Waals surface area contributed by atoms with Crippen LogP contribution in [0.4, 0.5) is 4.79 Å². The van der Waals surface area contributed by atoms with Gasteiger partial charge in [0.05, 0.1) is 0 Å². The fourth-order valence-corrected chi connectivity index (χ4v) is 3.04. The van der Waals surface area contributed by atoms with Gasteiger partial charge in [0.15, 0.2) is 11.5 Å². The Labute approximate surface area is 147 Å². The van der Waals surface area contributed by atoms with Crippen LogP contribution in [-0.2, 0) is 0 Å². The Hall–Kier alpha value is -2.44. The molecule has 3 rings (SSSR count). The Kier molecular flexibility index (Phi) is 5.01. The highest BCUT2D eigenvalue weighted by molar-refractivity contribution is 5.96. The number of rotatable bonds is 2. The Morgan fingerprint density at radius 2 is 1.56 bits per heavy atom. The number of benzene rings is 1. The first-order chi connectivity index (χ1) is 12.0. The van der Waals surface area contributed by atoms with Gasteiger partial charge in [0.2, 0.25) is 0 Å². The average Bonchev–Trinajstić information content (AvgIpc) is 2.60. The highest BCUT2D eigenvalue weighted by atomic mass is 16.6. The van der Waals surface area contributed by atoms with Gasteiger partial charge in [-0.05, 0) is 38.5 Å². The molecule has 0 atom stereocenters. The number of hydrogen-bond acceptors (Lipinski definition) is 4. The molecule has 1 aromatic rings. The minimum absolute atomic E-state index is 0.0293. The van der Waals surface area contributed by atoms with E-state index in [4.69, 9.17) is 9.47 Å². The molecule has 25 heavy (non-hydrogen) atoms. The molecular weight excluding hydrogens is 322 g/mol. The van der Waals surface area contributed by atoms with Crippen LogP contribution >= 0.6 is 0 Å². The van der Waals surface area contributed by atoms with Crippen molar-refractivity contribution < 1.29 is 19.1 Å². The normalized spacial score (nSPS) is 16.8. The van der Waals surface area contributed by atoms with Gasteiger partial charge in [-0.15, -0.1) is 0 Å². The first-order valence-corrected chi connectivity index (χ1v) is 8.70. The lowest BCUT2D eigenvalue weighted by Gasteiger charge is -2.35. The largest absolute Gasteiger partial charge is 0.486 e. The maximum absolute atomic E-state index is 12.9. The van der Waals surface area contributed by atoms with E-state index < -0.39 is 0 Å². The van der Waals surface area contributed by atoms with Crippen molar-refractivity contribution >= 4 is 11.9 Å². The van der Waals surface area contributed by atoms with Gasteiger partial charge in [-0.1, -0.05) is 0 Å². The number of carbonyl (C=O) groups is 2. The maximum atomic E-state index is 12.9. The van der Waals surface area contributed by atoms with E-state index >= 15 is 0 Å². The highest BCUT2D eigenvalue weighted by Gasteiger charge is 2.27. The number of ether oxygens (including phenoxy) is 2. The van der Waals surface area contributed by atoms with Gasteiger partial charge in [0.25, 0.3) is 5.91 Å². The summed E-state index contributed by atoms with van der Waals surface area (Å²) in [6.07, 6.45) is 0. The van der Waals surface area contributed by atoms with Crippen molar-refractivity contribution in [3.63, 3.8) is 0 Å². The van der Waals surface area contributed by atoms with Crippen molar-refractivity contribution in [3.8, 4) is 11.5 Å². The van der Waals surface area contributed by atoms with Gasteiger partial charge in [-0.2, -0.15) is 0 Å². The smallest absolute Gasteiger partial charge is 0.317 e. The van der Waals surface area contributed by atoms with E-state index in [2.05, 4.69) is 5.32 Å². The van der Waals surface area contributed by atoms with Gasteiger partial charge >= 0.3 is 6.03 Å². The van der Waals surface area contributed by atoms with Crippen LogP contribution in [0.5, 0.6) is 11.5 Å². The number of fused-ring (bicyclic) bond motifs is 1. The minimum Gasteiger partial charge on any atom is -0.486 e. The van der Waals surface area contributed by atoms with Crippen molar-refractivity contribution in [2.24, 2.45) is 0 Å². The molecule has 0 spiro atoms. The first kappa shape index (κ1) is 17.4. The number of nitrogens with zero attached hydrogens (tertiary/aromatic N) is 2. The van der Waals surface area contributed by atoms with Crippen molar-refractivity contribution in [1.29, 1.82) is 0 Å². The van der Waals surface area contributed by atoms with Crippen LogP contribution in [0.2, 0.25) is 0 Å². The molecule has 0 radical (unpaired) electrons. The summed E-state index contributed by atoms with van der Waals surface area (Å²) < 4.78 is 11.1. The van der Waals surface area contributed by atoms with E-state index in [1.165, 1.54) is 0 Å². The molecule has 0 bridgehead atoms. The van der Waals surface area contributed by atoms with Gasteiger partial charge in [-0.25, -0.2) is 4.79 Å². The van der Waals surface area contributed by atoms with Crippen LogP contribution in [0, 0.1) is 6.92 Å². The molecular formula is C18H25N3O4. The lowest BCUT2D eigenvalue weighted by molar-refractivity contribution is 0.0662. The third kappa shape index (κ3) is 3.81. The lowest BCUT2D eigenvalue weighted by Crippen LogP contribution is -2.54. The van der Waals surface area contributed by atoms with E-state index in [0.29, 0.717) is 56.5 Å². The second kappa shape index (κ2) is 7.21. The predicted octanol–water partition coefficient (Wildman–Crippen LogP) is 1.64. The molecule has 0 saturated carbocycles. The fourth-order valence-electron chi connectivity index (χ4n) is 3.04. The van der Waals surface area contributed by atoms with Crippen molar-refractivity contribution in [3.05, 3.63) is 23.3 Å². The highest BCUT2D eigenvalue weighted by Crippen LogP contribution is 2.33. The molecule has 1 N–H and O–H groups in total. The molecule has 0 aliphatic carbocycles. The monoisotopic (exact) mass is 347 g/mol. The molecule has 2 aliphatic rings. The zero-order chi connectivity index (χ0) is 18.0. The SMILES string of the molecule is Cc1cc2c(cc1C(=O)N1CCN(C(=O)NC(C)C)CC1)OCCO2. The van der Waals surface area contributed by atoms with Crippen LogP contribution in [-0.4, -0.2) is 67.2 Å². The Morgan fingerprint density at radius 1 is 1.00 bits per heavy atom. The van der Waals surface area contributed by atoms with Crippen LogP contribution < -0.4 is 14.8 Å². The number of aryl methyl sites for hydroxylation is 1. The summed E-state index contributed by atoms with van der Waals surface area (Å²) in [6, 6.07) is 3.66. The predicted molar refractivity (Wildman–Crippen MR) is 93.3 cm³/mol. The summed E-state index contributed by atoms with van der Waals surface area (Å²) in [5, 5.41) is 2.88. The van der Waals surface area contributed by atoms with Gasteiger partial charge in [0.1, 0.15) is 13.2 Å². The summed E-state index contributed by atoms with van der Waals surface area (Å²) in [7, 11) is 0. The van der Waals surface area contributed by atoms with Gasteiger partial charge in [-0.3, -0.25) is 4.79 Å². The third-order valence-electron chi connectivity index (χ3n) is 4.39. The summed E-state index contributed by atoms with van der Waals surface area (Å²) in [4.78, 5) is 28.5. The maximum Gasteiger partial charge on any atom is 0.317 e. The molecule has 7 heteroatoms. The van der Waals surface area contributed by atoms with Crippen LogP contribution in [0.3, 0.4) is 0 Å². The Balaban J connectivity index is 1.66. The van der Waals surface area contributed by atoms with Crippen LogP contribution in [0.1, 0.15) is 29.8 Å². The molecule has 0 unspecified atom stereocenters. The molecule has 1 saturated heterocycles. The zero-order valence-corrected chi connectivity index (χ0v) is 15.0. The fraction of sp³-hybridized carbons (Fsp3) is 0.556. The number of piperazine rings is 1.